The minimum Gasteiger partial charge on any atom is -0.326 e. The van der Waals surface area contributed by atoms with Crippen LogP contribution in [0.4, 0.5) is 5.69 Å². The van der Waals surface area contributed by atoms with E-state index in [1.165, 1.54) is 19.1 Å². The average molecular weight is 369 g/mol. The number of hydrogen-bond donors (Lipinski definition) is 2. The highest BCUT2D eigenvalue weighted by molar-refractivity contribution is 7.89. The number of para-hydroxylation sites is 1. The lowest BCUT2D eigenvalue weighted by molar-refractivity contribution is -0.114. The molecule has 0 atom stereocenters. The normalized spacial score (nSPS) is 11.4. The lowest BCUT2D eigenvalue weighted by atomic mass is 10.1. The number of rotatable bonds is 6. The van der Waals surface area contributed by atoms with E-state index in [2.05, 4.69) is 15.0 Å². The van der Waals surface area contributed by atoms with Gasteiger partial charge in [0.1, 0.15) is 0 Å². The molecule has 1 aromatic heterocycles. The molecule has 6 nitrogen and oxygen atoms in total. The first-order valence-electron chi connectivity index (χ1n) is 8.16. The molecule has 0 aliphatic carbocycles. The molecule has 0 saturated heterocycles. The fraction of sp³-hybridized carbons (Fsp3) is 0.158. The van der Waals surface area contributed by atoms with Gasteiger partial charge in [0, 0.05) is 30.7 Å². The Hall–Kier alpha value is -2.77. The Morgan fingerprint density at radius 3 is 2.50 bits per heavy atom. The molecule has 2 N–H and O–H groups in total. The van der Waals surface area contributed by atoms with E-state index < -0.39 is 10.0 Å². The van der Waals surface area contributed by atoms with Gasteiger partial charge in [-0.15, -0.1) is 0 Å². The summed E-state index contributed by atoms with van der Waals surface area (Å²) in [6.07, 6.45) is 2.27. The fourth-order valence-corrected chi connectivity index (χ4v) is 3.73. The maximum absolute atomic E-state index is 12.4. The molecule has 0 aliphatic heterocycles. The van der Waals surface area contributed by atoms with Crippen LogP contribution in [0.5, 0.6) is 0 Å². The first-order chi connectivity index (χ1) is 12.5. The number of pyridine rings is 1. The summed E-state index contributed by atoms with van der Waals surface area (Å²) in [6.45, 7) is 1.67. The minimum absolute atomic E-state index is 0.155. The maximum atomic E-state index is 12.4. The molecule has 0 aliphatic rings. The molecular formula is C19H19N3O3S. The zero-order valence-electron chi connectivity index (χ0n) is 14.3. The molecule has 134 valence electrons. The van der Waals surface area contributed by atoms with Gasteiger partial charge in [0.25, 0.3) is 0 Å². The van der Waals surface area contributed by atoms with Crippen LogP contribution in [0.25, 0.3) is 10.9 Å². The van der Waals surface area contributed by atoms with Crippen molar-refractivity contribution < 1.29 is 13.2 Å². The Labute approximate surface area is 152 Å². The van der Waals surface area contributed by atoms with Gasteiger partial charge in [-0.3, -0.25) is 9.78 Å². The van der Waals surface area contributed by atoms with Gasteiger partial charge in [0.05, 0.1) is 10.4 Å². The molecule has 0 radical (unpaired) electrons. The summed E-state index contributed by atoms with van der Waals surface area (Å²) in [5.41, 5.74) is 2.43. The van der Waals surface area contributed by atoms with Crippen molar-refractivity contribution in [2.24, 2.45) is 0 Å². The zero-order valence-corrected chi connectivity index (χ0v) is 15.1. The van der Waals surface area contributed by atoms with Crippen LogP contribution >= 0.6 is 0 Å². The number of anilines is 1. The van der Waals surface area contributed by atoms with E-state index in [1.807, 2.05) is 30.3 Å². The third-order valence-electron chi connectivity index (χ3n) is 3.89. The number of carbonyl (C=O) groups excluding carboxylic acids is 1. The van der Waals surface area contributed by atoms with Gasteiger partial charge >= 0.3 is 0 Å². The first-order valence-corrected chi connectivity index (χ1v) is 9.64. The van der Waals surface area contributed by atoms with Gasteiger partial charge in [-0.1, -0.05) is 24.3 Å². The Kier molecular flexibility index (Phi) is 5.29. The van der Waals surface area contributed by atoms with E-state index in [1.54, 1.807) is 18.3 Å². The molecule has 0 unspecified atom stereocenters. The molecule has 3 rings (SSSR count). The molecule has 7 heteroatoms. The topological polar surface area (TPSA) is 88.2 Å². The van der Waals surface area contributed by atoms with Crippen molar-refractivity contribution in [1.82, 2.24) is 9.71 Å². The fourth-order valence-electron chi connectivity index (χ4n) is 2.69. The number of fused-ring (bicyclic) bond motifs is 1. The highest BCUT2D eigenvalue weighted by Gasteiger charge is 2.13. The van der Waals surface area contributed by atoms with Crippen LogP contribution in [0.2, 0.25) is 0 Å². The second kappa shape index (κ2) is 7.63. The third kappa shape index (κ3) is 4.25. The van der Waals surface area contributed by atoms with Crippen LogP contribution in [0.1, 0.15) is 12.5 Å². The zero-order chi connectivity index (χ0) is 18.6. The molecule has 2 aromatic carbocycles. The number of amides is 1. The van der Waals surface area contributed by atoms with Gasteiger partial charge in [0.2, 0.25) is 15.9 Å². The summed E-state index contributed by atoms with van der Waals surface area (Å²) in [4.78, 5) is 15.5. The lowest BCUT2D eigenvalue weighted by Gasteiger charge is -2.09. The summed E-state index contributed by atoms with van der Waals surface area (Å²) >= 11 is 0. The van der Waals surface area contributed by atoms with Crippen LogP contribution < -0.4 is 10.0 Å². The molecule has 1 heterocycles. The van der Waals surface area contributed by atoms with Crippen LogP contribution in [0.3, 0.4) is 0 Å². The minimum atomic E-state index is -3.61. The van der Waals surface area contributed by atoms with Crippen molar-refractivity contribution in [3.63, 3.8) is 0 Å². The largest absolute Gasteiger partial charge is 0.326 e. The number of benzene rings is 2. The monoisotopic (exact) mass is 369 g/mol. The Balaban J connectivity index is 1.67. The van der Waals surface area contributed by atoms with Crippen molar-refractivity contribution >= 4 is 32.5 Å². The van der Waals surface area contributed by atoms with Crippen LogP contribution in [-0.2, 0) is 21.2 Å². The lowest BCUT2D eigenvalue weighted by Crippen LogP contribution is -2.26. The predicted molar refractivity (Wildman–Crippen MR) is 101 cm³/mol. The standard InChI is InChI=1S/C19H19N3O3S/c1-14(23)22-17-7-9-18(10-8-17)26(24,25)21-13-11-16-5-2-4-15-6-3-12-20-19(15)16/h2-10,12,21H,11,13H2,1H3,(H,22,23). The van der Waals surface area contributed by atoms with Crippen molar-refractivity contribution in [2.75, 3.05) is 11.9 Å². The molecular weight excluding hydrogens is 350 g/mol. The quantitative estimate of drug-likeness (QED) is 0.699. The SMILES string of the molecule is CC(=O)Nc1ccc(S(=O)(=O)NCCc2cccc3cccnc23)cc1. The predicted octanol–water partition coefficient (Wildman–Crippen LogP) is 2.71. The summed E-state index contributed by atoms with van der Waals surface area (Å²) in [5.74, 6) is -0.206. The van der Waals surface area contributed by atoms with Gasteiger partial charge in [-0.2, -0.15) is 0 Å². The summed E-state index contributed by atoms with van der Waals surface area (Å²) < 4.78 is 27.4. The van der Waals surface area contributed by atoms with Crippen molar-refractivity contribution in [3.05, 3.63) is 66.4 Å². The van der Waals surface area contributed by atoms with Crippen LogP contribution in [-0.4, -0.2) is 25.9 Å². The number of nitrogens with one attached hydrogen (secondary N) is 2. The number of nitrogens with zero attached hydrogens (tertiary/aromatic N) is 1. The Bertz CT molecular complexity index is 1030. The van der Waals surface area contributed by atoms with E-state index in [-0.39, 0.29) is 17.3 Å². The third-order valence-corrected chi connectivity index (χ3v) is 5.36. The van der Waals surface area contributed by atoms with Gasteiger partial charge in [-0.05, 0) is 42.3 Å². The molecule has 1 amide bonds. The smallest absolute Gasteiger partial charge is 0.240 e. The van der Waals surface area contributed by atoms with Crippen LogP contribution in [0.15, 0.2) is 65.7 Å². The summed E-state index contributed by atoms with van der Waals surface area (Å²) in [5, 5.41) is 3.63. The second-order valence-corrected chi connectivity index (χ2v) is 7.61. The van der Waals surface area contributed by atoms with Gasteiger partial charge in [-0.25, -0.2) is 13.1 Å². The molecule has 3 aromatic rings. The number of carbonyl (C=O) groups is 1. The highest BCUT2D eigenvalue weighted by atomic mass is 32.2. The highest BCUT2D eigenvalue weighted by Crippen LogP contribution is 2.17. The average Bonchev–Trinajstić information content (AvgIpc) is 2.62. The Morgan fingerprint density at radius 2 is 1.77 bits per heavy atom. The van der Waals surface area contributed by atoms with E-state index in [0.717, 1.165) is 16.5 Å². The van der Waals surface area contributed by atoms with E-state index in [4.69, 9.17) is 0 Å². The Morgan fingerprint density at radius 1 is 1.04 bits per heavy atom. The molecule has 0 bridgehead atoms. The van der Waals surface area contributed by atoms with Gasteiger partial charge < -0.3 is 5.32 Å². The van der Waals surface area contributed by atoms with E-state index >= 15 is 0 Å². The van der Waals surface area contributed by atoms with E-state index in [9.17, 15) is 13.2 Å². The summed E-state index contributed by atoms with van der Waals surface area (Å²) in [7, 11) is -3.61. The number of sulfonamides is 1. The number of aromatic nitrogens is 1. The van der Waals surface area contributed by atoms with E-state index in [0.29, 0.717) is 12.1 Å². The van der Waals surface area contributed by atoms with Crippen molar-refractivity contribution in [3.8, 4) is 0 Å². The molecule has 26 heavy (non-hydrogen) atoms. The van der Waals surface area contributed by atoms with Crippen LogP contribution in [0, 0.1) is 0 Å². The number of hydrogen-bond acceptors (Lipinski definition) is 4. The maximum Gasteiger partial charge on any atom is 0.240 e. The second-order valence-electron chi connectivity index (χ2n) is 5.85. The molecule has 0 spiro atoms. The summed E-state index contributed by atoms with van der Waals surface area (Å²) in [6, 6.07) is 15.8. The molecule has 0 fully saturated rings. The molecule has 0 saturated carbocycles. The first kappa shape index (κ1) is 18.0. The van der Waals surface area contributed by atoms with Gasteiger partial charge in [0.15, 0.2) is 0 Å². The van der Waals surface area contributed by atoms with Crippen molar-refractivity contribution in [1.29, 1.82) is 0 Å². The van der Waals surface area contributed by atoms with Crippen molar-refractivity contribution in [2.45, 2.75) is 18.2 Å².